The molecule has 0 saturated carbocycles. The number of hydrogen-bond donors (Lipinski definition) is 8. The van der Waals surface area contributed by atoms with E-state index >= 15 is 0 Å². The van der Waals surface area contributed by atoms with E-state index in [0.29, 0.717) is 115 Å². The van der Waals surface area contributed by atoms with Crippen molar-refractivity contribution in [2.75, 3.05) is 78.0 Å². The summed E-state index contributed by atoms with van der Waals surface area (Å²) >= 11 is 31.8. The fourth-order valence-electron chi connectivity index (χ4n) is 14.9. The molecule has 144 heavy (non-hydrogen) atoms. The van der Waals surface area contributed by atoms with Crippen molar-refractivity contribution in [2.45, 2.75) is 87.8 Å². The largest absolute Gasteiger partial charge is 0.462 e. The van der Waals surface area contributed by atoms with Crippen molar-refractivity contribution in [3.63, 3.8) is 0 Å². The van der Waals surface area contributed by atoms with E-state index in [4.69, 9.17) is 98.8 Å². The molecule has 0 atom stereocenters. The summed E-state index contributed by atoms with van der Waals surface area (Å²) in [6.07, 6.45) is 3.63. The van der Waals surface area contributed by atoms with Crippen LogP contribution in [0.25, 0.3) is 66.8 Å². The minimum Gasteiger partial charge on any atom is -0.462 e. The van der Waals surface area contributed by atoms with Gasteiger partial charge in [0.1, 0.15) is 64.4 Å². The molecule has 7 heterocycles. The number of benzene rings is 9. The number of anilines is 7. The molecule has 37 heteroatoms. The Bertz CT molecular complexity index is 7100. The topological polar surface area (TPSA) is 429 Å². The number of Topliss-reactive ketones (excluding diaryl/α,β-unsaturated/α-hetero) is 1. The molecule has 744 valence electrons. The Morgan fingerprint density at radius 3 is 1.35 bits per heavy atom. The van der Waals surface area contributed by atoms with E-state index in [1.165, 1.54) is 102 Å². The Morgan fingerprint density at radius 1 is 0.417 bits per heavy atom. The van der Waals surface area contributed by atoms with E-state index < -0.39 is 34.6 Å². The van der Waals surface area contributed by atoms with Crippen molar-refractivity contribution in [3.05, 3.63) is 348 Å². The highest BCUT2D eigenvalue weighted by Gasteiger charge is 2.33. The Labute approximate surface area is 875 Å². The molecule has 4 amide bonds. The molecule has 27 nitrogen and oxygen atoms in total. The number of nitro benzene ring substituents is 1. The summed E-state index contributed by atoms with van der Waals surface area (Å²) in [6, 6.07) is 70.5. The molecule has 1 aliphatic rings. The highest BCUT2D eigenvalue weighted by atomic mass is 35.5. The van der Waals surface area contributed by atoms with Gasteiger partial charge in [0.2, 0.25) is 11.8 Å². The first-order chi connectivity index (χ1) is 69.2. The summed E-state index contributed by atoms with van der Waals surface area (Å²) in [4.78, 5) is 137. The molecule has 0 unspecified atom stereocenters. The number of thiophene rings is 6. The number of nitrogens with two attached hydrogens (primary N) is 5. The van der Waals surface area contributed by atoms with Gasteiger partial charge in [0.05, 0.1) is 67.4 Å². The van der Waals surface area contributed by atoms with Gasteiger partial charge in [0.15, 0.2) is 5.78 Å². The number of rotatable bonds is 27. The smallest absolute Gasteiger partial charge is 0.342 e. The zero-order valence-electron chi connectivity index (χ0n) is 79.1. The molecule has 1 saturated heterocycles. The van der Waals surface area contributed by atoms with E-state index in [9.17, 15) is 58.1 Å². The summed E-state index contributed by atoms with van der Waals surface area (Å²) in [5, 5.41) is 28.0. The van der Waals surface area contributed by atoms with Crippen LogP contribution in [-0.4, -0.2) is 104 Å². The molecular weight excluding hydrogens is 2030 g/mol. The lowest BCUT2D eigenvalue weighted by molar-refractivity contribution is -0.384. The molecule has 0 radical (unpaired) electrons. The van der Waals surface area contributed by atoms with Gasteiger partial charge in [0, 0.05) is 103 Å². The fourth-order valence-corrected chi connectivity index (χ4v) is 21.4. The number of carbonyl (C=O) groups is 10. The average molecular weight is 2130 g/mol. The minimum absolute atomic E-state index is 0.0620. The van der Waals surface area contributed by atoms with Gasteiger partial charge in [-0.2, -0.15) is 0 Å². The molecule has 1 fully saturated rings. The van der Waals surface area contributed by atoms with Crippen molar-refractivity contribution in [1.29, 1.82) is 0 Å². The van der Waals surface area contributed by atoms with Crippen LogP contribution in [0.4, 0.5) is 40.7 Å². The van der Waals surface area contributed by atoms with Crippen molar-refractivity contribution in [1.82, 2.24) is 5.32 Å². The number of nitrogen functional groups attached to an aromatic ring is 4. The first kappa shape index (κ1) is 110. The second kappa shape index (κ2) is 53.1. The third-order valence-corrected chi connectivity index (χ3v) is 28.6. The lowest BCUT2D eigenvalue weighted by atomic mass is 10.00. The van der Waals surface area contributed by atoms with Crippen LogP contribution in [0.1, 0.15) is 174 Å². The normalized spacial score (nSPS) is 11.1. The van der Waals surface area contributed by atoms with Gasteiger partial charge < -0.3 is 73.2 Å². The monoisotopic (exact) mass is 2130 g/mol. The summed E-state index contributed by atoms with van der Waals surface area (Å²) in [7, 11) is 0. The highest BCUT2D eigenvalue weighted by molar-refractivity contribution is 7.21. The number of amides is 4. The molecular formula is C107H100Cl4N10O17S6. The number of ketones is 1. The minimum atomic E-state index is -0.657. The third-order valence-electron chi connectivity index (χ3n) is 21.4. The van der Waals surface area contributed by atoms with Crippen molar-refractivity contribution in [3.8, 4) is 66.8 Å². The number of nitro groups is 1. The standard InChI is InChI=1S/C21H17ClN2O5S.C19H16N2O3S.C18H14Cl2N2OS.C18H22N2O2S.C17H16ClNO4S.C14H15NO2S/c1-3-29-21(26)18-17(13-7-5-4-6-8-13)12(2)30-20(18)23-19(25)15-11-14(24(27)28)9-10-16(15)22;20-17(22)14-8-6-13(7-9-14)15-11-25-18(21)16(15)19(23)24-10-12-4-2-1-3-5-12;19-14-7-6-12(8-15(14)20)13-10-24-17(21)16(13)18(23)22-9-11-4-2-1-3-5-11;1-2-22-18(21)15-14(13-9-5-3-6-10-13)17(23-16(15)19)20-11-7-4-8-12-20;1-4-23-17(22)14-13(11-5-7-12(18)8-6-11)15(9(2)20)24-16(14)19-10(3)21;1-3-17-14(16)12-11(9(2)18-13(12)15)10-7-5-4-6-8-10/h4-11H,3H2,1-2H3,(H,23,25);1-9,11H,10,21H2,(H2,20,22);1-8,10H,9,21H2,(H,22,23);3,5-6,9-10H,2,4,7-8,11-12,19H2,1H3;5-8H,4H2,1-3H3,(H,19,21);4-8H,3,15H2,1-2H3. The van der Waals surface area contributed by atoms with Crippen molar-refractivity contribution >= 4 is 214 Å². The van der Waals surface area contributed by atoms with Gasteiger partial charge in [-0.3, -0.25) is 34.1 Å². The number of halogens is 4. The van der Waals surface area contributed by atoms with Gasteiger partial charge in [0.25, 0.3) is 17.5 Å². The number of ether oxygens (including phenoxy) is 5. The van der Waals surface area contributed by atoms with Crippen LogP contribution in [0.5, 0.6) is 0 Å². The van der Waals surface area contributed by atoms with Gasteiger partial charge in [-0.05, 0) is 155 Å². The molecule has 0 aliphatic carbocycles. The van der Waals surface area contributed by atoms with Crippen LogP contribution in [0.3, 0.4) is 0 Å². The predicted molar refractivity (Wildman–Crippen MR) is 583 cm³/mol. The van der Waals surface area contributed by atoms with E-state index in [-0.39, 0.29) is 81.8 Å². The lowest BCUT2D eigenvalue weighted by Gasteiger charge is -2.28. The number of nitrogens with one attached hydrogen (secondary N) is 3. The van der Waals surface area contributed by atoms with Gasteiger partial charge in [-0.1, -0.05) is 240 Å². The molecule has 0 bridgehead atoms. The second-order valence-corrected chi connectivity index (χ2v) is 39.3. The quantitative estimate of drug-likeness (QED) is 0.00779. The summed E-state index contributed by atoms with van der Waals surface area (Å²) in [5.74, 6) is -4.21. The molecule has 13 N–H and O–H groups in total. The van der Waals surface area contributed by atoms with E-state index in [1.54, 1.807) is 86.8 Å². The van der Waals surface area contributed by atoms with E-state index in [0.717, 1.165) is 101 Å². The lowest BCUT2D eigenvalue weighted by Crippen LogP contribution is -2.29. The zero-order chi connectivity index (χ0) is 104. The molecule has 15 aromatic rings. The molecule has 6 aromatic heterocycles. The van der Waals surface area contributed by atoms with Crippen LogP contribution in [0, 0.1) is 24.0 Å². The zero-order valence-corrected chi connectivity index (χ0v) is 87.1. The highest BCUT2D eigenvalue weighted by Crippen LogP contribution is 2.49. The van der Waals surface area contributed by atoms with Crippen LogP contribution in [0.2, 0.25) is 20.1 Å². The predicted octanol–water partition coefficient (Wildman–Crippen LogP) is 26.5. The second-order valence-electron chi connectivity index (χ2n) is 31.3. The van der Waals surface area contributed by atoms with Crippen molar-refractivity contribution in [2.24, 2.45) is 5.73 Å². The van der Waals surface area contributed by atoms with Crippen LogP contribution >= 0.6 is 114 Å². The van der Waals surface area contributed by atoms with Crippen LogP contribution in [0.15, 0.2) is 247 Å². The maximum Gasteiger partial charge on any atom is 0.342 e. The van der Waals surface area contributed by atoms with Crippen LogP contribution < -0.4 is 49.5 Å². The summed E-state index contributed by atoms with van der Waals surface area (Å²) < 4.78 is 26.0. The maximum atomic E-state index is 12.8. The van der Waals surface area contributed by atoms with Gasteiger partial charge >= 0.3 is 29.8 Å². The average Bonchev–Trinajstić information content (AvgIpc) is 1.52. The van der Waals surface area contributed by atoms with Crippen LogP contribution in [-0.2, 0) is 41.6 Å². The number of carbonyl (C=O) groups excluding carboxylic acids is 10. The number of esters is 5. The number of primary amides is 1. The number of aryl methyl sites for hydroxylation is 2. The SMILES string of the molecule is CCOC(=O)c1c(N)sc(C)c1-c1ccccc1.CCOC(=O)c1c(N)sc(N2CCCCC2)c1-c1ccccc1.CCOC(=O)c1c(NC(=O)c2cc([N+](=O)[O-])ccc2Cl)sc(C)c1-c1ccccc1.CCOC(=O)c1c(NC(C)=O)sc(C(C)=O)c1-c1ccc(Cl)cc1.NC(=O)c1ccc(-c2csc(N)c2C(=O)OCc2ccccc2)cc1.Nc1scc(-c2ccc(Cl)c(Cl)c2)c1C(=O)NCc1ccccc1. The number of piperidine rings is 1. The molecule has 16 rings (SSSR count). The van der Waals surface area contributed by atoms with Gasteiger partial charge in [-0.15, -0.1) is 56.7 Å². The summed E-state index contributed by atoms with van der Waals surface area (Å²) in [6.45, 7) is 17.2. The number of nitrogens with zero attached hydrogens (tertiary/aromatic N) is 2. The molecule has 9 aromatic carbocycles. The van der Waals surface area contributed by atoms with E-state index in [2.05, 4.69) is 20.9 Å². The molecule has 1 aliphatic heterocycles. The van der Waals surface area contributed by atoms with Crippen molar-refractivity contribution < 1.29 is 76.6 Å². The third kappa shape index (κ3) is 28.6. The maximum absolute atomic E-state index is 12.8. The van der Waals surface area contributed by atoms with Gasteiger partial charge in [-0.25, -0.2) is 24.0 Å². The number of non-ortho nitro benzene ring substituents is 1. The Kier molecular flexibility index (Phi) is 40.6. The van der Waals surface area contributed by atoms with E-state index in [1.807, 2.05) is 184 Å². The Balaban J connectivity index is 0.000000166. The summed E-state index contributed by atoms with van der Waals surface area (Å²) in [5.41, 5.74) is 43.0. The fraction of sp³-hybridized carbons (Fsp3) is 0.178. The molecule has 0 spiro atoms. The number of hydrogen-bond acceptors (Lipinski definition) is 28. The Hall–Kier alpha value is -14.4. The first-order valence-corrected chi connectivity index (χ1v) is 51.3. The Morgan fingerprint density at radius 2 is 0.847 bits per heavy atom. The first-order valence-electron chi connectivity index (χ1n) is 44.8.